The zero-order valence-corrected chi connectivity index (χ0v) is 13.4. The lowest BCUT2D eigenvalue weighted by Gasteiger charge is -2.28. The SMILES string of the molecule is CCC[C@H]1CC[C@H](c2ccc(-c3cccc(F)c3)cc2)CC1. The van der Waals surface area contributed by atoms with Crippen LogP contribution in [-0.2, 0) is 0 Å². The fourth-order valence-corrected chi connectivity index (χ4v) is 3.81. The summed E-state index contributed by atoms with van der Waals surface area (Å²) in [5.74, 6) is 1.50. The summed E-state index contributed by atoms with van der Waals surface area (Å²) in [5.41, 5.74) is 3.51. The van der Waals surface area contributed by atoms with Crippen LogP contribution in [0.25, 0.3) is 11.1 Å². The van der Waals surface area contributed by atoms with E-state index in [-0.39, 0.29) is 5.82 Å². The molecule has 1 saturated carbocycles. The van der Waals surface area contributed by atoms with Crippen LogP contribution >= 0.6 is 0 Å². The Kier molecular flexibility index (Phi) is 4.92. The average molecular weight is 296 g/mol. The van der Waals surface area contributed by atoms with Crippen LogP contribution in [0.2, 0.25) is 0 Å². The molecule has 1 aliphatic carbocycles. The highest BCUT2D eigenvalue weighted by Crippen LogP contribution is 2.37. The van der Waals surface area contributed by atoms with E-state index in [4.69, 9.17) is 0 Å². The minimum Gasteiger partial charge on any atom is -0.207 e. The van der Waals surface area contributed by atoms with Crippen LogP contribution in [0.5, 0.6) is 0 Å². The van der Waals surface area contributed by atoms with Crippen molar-refractivity contribution >= 4 is 0 Å². The van der Waals surface area contributed by atoms with Gasteiger partial charge in [-0.05, 0) is 66.3 Å². The molecule has 0 heterocycles. The summed E-state index contributed by atoms with van der Waals surface area (Å²) in [5, 5.41) is 0. The summed E-state index contributed by atoms with van der Waals surface area (Å²) in [4.78, 5) is 0. The topological polar surface area (TPSA) is 0 Å². The number of halogens is 1. The van der Waals surface area contributed by atoms with E-state index in [0.717, 1.165) is 23.0 Å². The second-order valence-electron chi connectivity index (χ2n) is 6.64. The molecule has 0 aliphatic heterocycles. The van der Waals surface area contributed by atoms with Crippen molar-refractivity contribution in [2.24, 2.45) is 5.92 Å². The highest BCUT2D eigenvalue weighted by molar-refractivity contribution is 5.63. The number of hydrogen-bond acceptors (Lipinski definition) is 0. The van der Waals surface area contributed by atoms with Gasteiger partial charge in [0.05, 0.1) is 0 Å². The standard InChI is InChI=1S/C21H25F/c1-2-4-16-7-9-17(10-8-16)18-11-13-19(14-12-18)20-5-3-6-21(22)15-20/h3,5-6,11-17H,2,4,7-10H2,1H3/t16-,17-. The summed E-state index contributed by atoms with van der Waals surface area (Å²) in [7, 11) is 0. The van der Waals surface area contributed by atoms with Gasteiger partial charge in [0.2, 0.25) is 0 Å². The molecule has 3 rings (SSSR count). The van der Waals surface area contributed by atoms with Crippen molar-refractivity contribution in [3.63, 3.8) is 0 Å². The maximum Gasteiger partial charge on any atom is 0.123 e. The minimum absolute atomic E-state index is 0.171. The number of rotatable bonds is 4. The highest BCUT2D eigenvalue weighted by Gasteiger charge is 2.21. The molecule has 0 aromatic heterocycles. The third kappa shape index (κ3) is 3.58. The Hall–Kier alpha value is -1.63. The number of benzene rings is 2. The zero-order chi connectivity index (χ0) is 15.4. The molecule has 0 amide bonds. The first-order valence-corrected chi connectivity index (χ1v) is 8.62. The second-order valence-corrected chi connectivity index (χ2v) is 6.64. The Morgan fingerprint density at radius 2 is 1.64 bits per heavy atom. The Bertz CT molecular complexity index is 592. The van der Waals surface area contributed by atoms with Gasteiger partial charge in [-0.15, -0.1) is 0 Å². The molecule has 1 fully saturated rings. The molecule has 0 radical (unpaired) electrons. The molecule has 2 aromatic carbocycles. The van der Waals surface area contributed by atoms with Crippen molar-refractivity contribution in [3.8, 4) is 11.1 Å². The smallest absolute Gasteiger partial charge is 0.123 e. The lowest BCUT2D eigenvalue weighted by molar-refractivity contribution is 0.308. The molecule has 0 bridgehead atoms. The first-order chi connectivity index (χ1) is 10.8. The lowest BCUT2D eigenvalue weighted by atomic mass is 9.77. The first kappa shape index (κ1) is 15.3. The van der Waals surface area contributed by atoms with Gasteiger partial charge >= 0.3 is 0 Å². The summed E-state index contributed by atoms with van der Waals surface area (Å²) in [6.45, 7) is 2.29. The molecule has 0 N–H and O–H groups in total. The van der Waals surface area contributed by atoms with Crippen molar-refractivity contribution in [2.75, 3.05) is 0 Å². The summed E-state index contributed by atoms with van der Waals surface area (Å²) < 4.78 is 13.3. The Morgan fingerprint density at radius 1 is 0.909 bits per heavy atom. The molecule has 22 heavy (non-hydrogen) atoms. The molecule has 1 heteroatoms. The van der Waals surface area contributed by atoms with E-state index >= 15 is 0 Å². The molecule has 0 unspecified atom stereocenters. The fourth-order valence-electron chi connectivity index (χ4n) is 3.81. The molecule has 2 aromatic rings. The zero-order valence-electron chi connectivity index (χ0n) is 13.4. The van der Waals surface area contributed by atoms with E-state index in [2.05, 4.69) is 31.2 Å². The molecule has 0 saturated heterocycles. The third-order valence-corrected chi connectivity index (χ3v) is 5.08. The first-order valence-electron chi connectivity index (χ1n) is 8.62. The third-order valence-electron chi connectivity index (χ3n) is 5.08. The van der Waals surface area contributed by atoms with Gasteiger partial charge in [-0.3, -0.25) is 0 Å². The average Bonchev–Trinajstić information content (AvgIpc) is 2.56. The van der Waals surface area contributed by atoms with Crippen LogP contribution < -0.4 is 0 Å². The van der Waals surface area contributed by atoms with Gasteiger partial charge in [-0.25, -0.2) is 4.39 Å². The van der Waals surface area contributed by atoms with Crippen LogP contribution in [0, 0.1) is 11.7 Å². The highest BCUT2D eigenvalue weighted by atomic mass is 19.1. The van der Waals surface area contributed by atoms with E-state index in [1.165, 1.54) is 50.2 Å². The van der Waals surface area contributed by atoms with Crippen LogP contribution in [-0.4, -0.2) is 0 Å². The minimum atomic E-state index is -0.171. The van der Waals surface area contributed by atoms with Crippen LogP contribution in [0.15, 0.2) is 48.5 Å². The fraction of sp³-hybridized carbons (Fsp3) is 0.429. The van der Waals surface area contributed by atoms with Gasteiger partial charge in [0.25, 0.3) is 0 Å². The molecule has 0 spiro atoms. The molecular weight excluding hydrogens is 271 g/mol. The summed E-state index contributed by atoms with van der Waals surface area (Å²) in [6.07, 6.45) is 8.12. The van der Waals surface area contributed by atoms with Gasteiger partial charge in [0.15, 0.2) is 0 Å². The Balaban J connectivity index is 1.67. The van der Waals surface area contributed by atoms with E-state index in [9.17, 15) is 4.39 Å². The lowest BCUT2D eigenvalue weighted by Crippen LogP contribution is -2.13. The van der Waals surface area contributed by atoms with Crippen LogP contribution in [0.1, 0.15) is 56.9 Å². The quantitative estimate of drug-likeness (QED) is 0.598. The molecule has 116 valence electrons. The van der Waals surface area contributed by atoms with Crippen molar-refractivity contribution in [1.82, 2.24) is 0 Å². The molecular formula is C21H25F. The van der Waals surface area contributed by atoms with E-state index in [1.807, 2.05) is 6.07 Å². The maximum absolute atomic E-state index is 13.3. The van der Waals surface area contributed by atoms with E-state index in [1.54, 1.807) is 12.1 Å². The Labute approximate surface area is 133 Å². The monoisotopic (exact) mass is 296 g/mol. The van der Waals surface area contributed by atoms with Gasteiger partial charge in [-0.1, -0.05) is 56.2 Å². The number of hydrogen-bond donors (Lipinski definition) is 0. The normalized spacial score (nSPS) is 21.7. The molecule has 1 aliphatic rings. The molecule has 0 atom stereocenters. The Morgan fingerprint density at radius 3 is 2.27 bits per heavy atom. The van der Waals surface area contributed by atoms with Crippen LogP contribution in [0.3, 0.4) is 0 Å². The summed E-state index contributed by atoms with van der Waals surface area (Å²) in [6, 6.07) is 15.6. The van der Waals surface area contributed by atoms with Crippen molar-refractivity contribution in [2.45, 2.75) is 51.4 Å². The van der Waals surface area contributed by atoms with Crippen LogP contribution in [0.4, 0.5) is 4.39 Å². The largest absolute Gasteiger partial charge is 0.207 e. The predicted octanol–water partition coefficient (Wildman–Crippen LogP) is 6.57. The van der Waals surface area contributed by atoms with Gasteiger partial charge in [0, 0.05) is 0 Å². The molecule has 0 nitrogen and oxygen atoms in total. The predicted molar refractivity (Wildman–Crippen MR) is 91.4 cm³/mol. The van der Waals surface area contributed by atoms with Crippen molar-refractivity contribution in [3.05, 3.63) is 59.9 Å². The maximum atomic E-state index is 13.3. The van der Waals surface area contributed by atoms with Gasteiger partial charge in [-0.2, -0.15) is 0 Å². The van der Waals surface area contributed by atoms with E-state index < -0.39 is 0 Å². The van der Waals surface area contributed by atoms with Gasteiger partial charge < -0.3 is 0 Å². The second kappa shape index (κ2) is 7.09. The van der Waals surface area contributed by atoms with E-state index in [0.29, 0.717) is 0 Å². The van der Waals surface area contributed by atoms with Crippen molar-refractivity contribution in [1.29, 1.82) is 0 Å². The van der Waals surface area contributed by atoms with Gasteiger partial charge in [0.1, 0.15) is 5.82 Å². The van der Waals surface area contributed by atoms with Crippen molar-refractivity contribution < 1.29 is 4.39 Å². The summed E-state index contributed by atoms with van der Waals surface area (Å²) >= 11 is 0.